The lowest BCUT2D eigenvalue weighted by molar-refractivity contribution is -0.126. The highest BCUT2D eigenvalue weighted by Crippen LogP contribution is 2.31. The molecule has 0 bridgehead atoms. The molecule has 0 aromatic heterocycles. The van der Waals surface area contributed by atoms with Crippen LogP contribution in [0.2, 0.25) is 0 Å². The van der Waals surface area contributed by atoms with Gasteiger partial charge >= 0.3 is 0 Å². The number of nitrogens with one attached hydrogen (secondary N) is 1. The molecule has 4 nitrogen and oxygen atoms in total. The van der Waals surface area contributed by atoms with Gasteiger partial charge in [0.05, 0.1) is 24.7 Å². The monoisotopic (exact) mass is 355 g/mol. The first-order valence-electron chi connectivity index (χ1n) is 9.03. The van der Waals surface area contributed by atoms with Gasteiger partial charge in [-0.1, -0.05) is 49.4 Å². The number of carbonyl (C=O) groups excluding carboxylic acids is 1. The maximum Gasteiger partial charge on any atom is 0.230 e. The molecule has 4 heteroatoms. The van der Waals surface area contributed by atoms with E-state index in [1.54, 1.807) is 7.11 Å². The van der Waals surface area contributed by atoms with E-state index in [2.05, 4.69) is 23.5 Å². The molecule has 0 saturated heterocycles. The maximum atomic E-state index is 12.8. The second-order valence-corrected chi connectivity index (χ2v) is 7.06. The molecular formula is C22H29NO3. The van der Waals surface area contributed by atoms with Crippen LogP contribution in [0.3, 0.4) is 0 Å². The summed E-state index contributed by atoms with van der Waals surface area (Å²) in [6, 6.07) is 16.1. The molecular weight excluding hydrogens is 326 g/mol. The predicted molar refractivity (Wildman–Crippen MR) is 105 cm³/mol. The van der Waals surface area contributed by atoms with Crippen LogP contribution in [0.4, 0.5) is 0 Å². The van der Waals surface area contributed by atoms with Crippen molar-refractivity contribution in [3.63, 3.8) is 0 Å². The van der Waals surface area contributed by atoms with Crippen LogP contribution >= 0.6 is 0 Å². The lowest BCUT2D eigenvalue weighted by atomic mass is 9.79. The second-order valence-electron chi connectivity index (χ2n) is 7.06. The Morgan fingerprint density at radius 1 is 1.15 bits per heavy atom. The highest BCUT2D eigenvalue weighted by atomic mass is 16.5. The van der Waals surface area contributed by atoms with E-state index in [1.165, 1.54) is 0 Å². The largest absolute Gasteiger partial charge is 0.394 e. The SMILES string of the molecule is CCC(CO)NC(=O)C(C)(C)c1ccc(-c2ccccc2)cc1COC. The molecule has 0 aliphatic heterocycles. The number of methoxy groups -OCH3 is 1. The predicted octanol–water partition coefficient (Wildman–Crippen LogP) is 3.66. The van der Waals surface area contributed by atoms with E-state index in [1.807, 2.05) is 51.1 Å². The Labute approximate surface area is 156 Å². The van der Waals surface area contributed by atoms with E-state index in [0.29, 0.717) is 13.0 Å². The number of hydrogen-bond donors (Lipinski definition) is 2. The van der Waals surface area contributed by atoms with Crippen molar-refractivity contribution in [3.8, 4) is 11.1 Å². The van der Waals surface area contributed by atoms with Gasteiger partial charge in [0.2, 0.25) is 5.91 Å². The normalized spacial score (nSPS) is 12.7. The van der Waals surface area contributed by atoms with Gasteiger partial charge in [-0.25, -0.2) is 0 Å². The number of hydrogen-bond acceptors (Lipinski definition) is 3. The Morgan fingerprint density at radius 3 is 2.42 bits per heavy atom. The van der Waals surface area contributed by atoms with E-state index >= 15 is 0 Å². The van der Waals surface area contributed by atoms with Crippen molar-refractivity contribution in [2.24, 2.45) is 0 Å². The van der Waals surface area contributed by atoms with Gasteiger partial charge < -0.3 is 15.2 Å². The quantitative estimate of drug-likeness (QED) is 0.760. The third kappa shape index (κ3) is 4.51. The van der Waals surface area contributed by atoms with Crippen LogP contribution < -0.4 is 5.32 Å². The standard InChI is InChI=1S/C22H29NO3/c1-5-19(14-24)23-21(25)22(2,3)20-12-11-17(13-18(20)15-26-4)16-9-7-6-8-10-16/h6-13,19,24H,5,14-15H2,1-4H3,(H,23,25). The third-order valence-corrected chi connectivity index (χ3v) is 4.80. The van der Waals surface area contributed by atoms with Gasteiger partial charge in [-0.15, -0.1) is 0 Å². The molecule has 1 unspecified atom stereocenters. The van der Waals surface area contributed by atoms with Crippen molar-refractivity contribution >= 4 is 5.91 Å². The number of ether oxygens (including phenoxy) is 1. The van der Waals surface area contributed by atoms with Crippen LogP contribution in [0, 0.1) is 0 Å². The van der Waals surface area contributed by atoms with Gasteiger partial charge in [0.15, 0.2) is 0 Å². The van der Waals surface area contributed by atoms with Crippen LogP contribution in [0.1, 0.15) is 38.3 Å². The molecule has 0 spiro atoms. The summed E-state index contributed by atoms with van der Waals surface area (Å²) in [4.78, 5) is 12.8. The molecule has 2 aromatic rings. The topological polar surface area (TPSA) is 58.6 Å². The number of benzene rings is 2. The zero-order valence-corrected chi connectivity index (χ0v) is 16.1. The molecule has 0 heterocycles. The molecule has 0 saturated carbocycles. The summed E-state index contributed by atoms with van der Waals surface area (Å²) in [6.45, 7) is 6.13. The summed E-state index contributed by atoms with van der Waals surface area (Å²) in [5.41, 5.74) is 3.42. The Bertz CT molecular complexity index is 721. The van der Waals surface area contributed by atoms with Gasteiger partial charge in [0.1, 0.15) is 0 Å². The Balaban J connectivity index is 2.39. The number of aliphatic hydroxyl groups excluding tert-OH is 1. The molecule has 140 valence electrons. The smallest absolute Gasteiger partial charge is 0.230 e. The fraction of sp³-hybridized carbons (Fsp3) is 0.409. The minimum Gasteiger partial charge on any atom is -0.394 e. The molecule has 2 N–H and O–H groups in total. The maximum absolute atomic E-state index is 12.8. The van der Waals surface area contributed by atoms with E-state index < -0.39 is 5.41 Å². The summed E-state index contributed by atoms with van der Waals surface area (Å²) in [6.07, 6.45) is 0.691. The van der Waals surface area contributed by atoms with Crippen LogP contribution in [-0.2, 0) is 21.6 Å². The van der Waals surface area contributed by atoms with Crippen molar-refractivity contribution in [2.45, 2.75) is 45.3 Å². The average molecular weight is 355 g/mol. The number of aliphatic hydroxyl groups is 1. The number of rotatable bonds is 8. The molecule has 0 aliphatic carbocycles. The van der Waals surface area contributed by atoms with Gasteiger partial charge in [-0.3, -0.25) is 4.79 Å². The summed E-state index contributed by atoms with van der Waals surface area (Å²) < 4.78 is 5.39. The number of amides is 1. The summed E-state index contributed by atoms with van der Waals surface area (Å²) >= 11 is 0. The Kier molecular flexibility index (Phi) is 6.95. The first-order valence-corrected chi connectivity index (χ1v) is 9.03. The lowest BCUT2D eigenvalue weighted by Gasteiger charge is -2.29. The Hall–Kier alpha value is -2.17. The van der Waals surface area contributed by atoms with Gasteiger partial charge in [0, 0.05) is 7.11 Å². The van der Waals surface area contributed by atoms with Crippen molar-refractivity contribution in [1.82, 2.24) is 5.32 Å². The highest BCUT2D eigenvalue weighted by Gasteiger charge is 2.33. The highest BCUT2D eigenvalue weighted by molar-refractivity contribution is 5.88. The van der Waals surface area contributed by atoms with Crippen molar-refractivity contribution in [2.75, 3.05) is 13.7 Å². The fourth-order valence-electron chi connectivity index (χ4n) is 3.05. The molecule has 2 rings (SSSR count). The molecule has 26 heavy (non-hydrogen) atoms. The molecule has 0 radical (unpaired) electrons. The van der Waals surface area contributed by atoms with E-state index in [0.717, 1.165) is 22.3 Å². The molecule has 0 fully saturated rings. The minimum atomic E-state index is -0.730. The van der Waals surface area contributed by atoms with Crippen molar-refractivity contribution in [1.29, 1.82) is 0 Å². The van der Waals surface area contributed by atoms with E-state index in [-0.39, 0.29) is 18.6 Å². The lowest BCUT2D eigenvalue weighted by Crippen LogP contribution is -2.46. The fourth-order valence-corrected chi connectivity index (χ4v) is 3.05. The molecule has 1 amide bonds. The Morgan fingerprint density at radius 2 is 1.85 bits per heavy atom. The average Bonchev–Trinajstić information content (AvgIpc) is 2.66. The van der Waals surface area contributed by atoms with Crippen LogP contribution in [0.25, 0.3) is 11.1 Å². The van der Waals surface area contributed by atoms with Crippen LogP contribution in [-0.4, -0.2) is 30.8 Å². The zero-order valence-electron chi connectivity index (χ0n) is 16.1. The van der Waals surface area contributed by atoms with Crippen LogP contribution in [0.15, 0.2) is 48.5 Å². The summed E-state index contributed by atoms with van der Waals surface area (Å²) in [5.74, 6) is -0.0942. The van der Waals surface area contributed by atoms with Gasteiger partial charge in [0.25, 0.3) is 0 Å². The zero-order chi connectivity index (χ0) is 19.2. The molecule has 1 atom stereocenters. The first kappa shape index (κ1) is 20.1. The van der Waals surface area contributed by atoms with Gasteiger partial charge in [-0.2, -0.15) is 0 Å². The summed E-state index contributed by atoms with van der Waals surface area (Å²) in [7, 11) is 1.66. The van der Waals surface area contributed by atoms with E-state index in [9.17, 15) is 9.90 Å². The van der Waals surface area contributed by atoms with Crippen LogP contribution in [0.5, 0.6) is 0 Å². The minimum absolute atomic E-state index is 0.0593. The number of carbonyl (C=O) groups is 1. The van der Waals surface area contributed by atoms with Crippen molar-refractivity contribution < 1.29 is 14.6 Å². The summed E-state index contributed by atoms with van der Waals surface area (Å²) in [5, 5.41) is 12.3. The van der Waals surface area contributed by atoms with Gasteiger partial charge in [-0.05, 0) is 48.6 Å². The third-order valence-electron chi connectivity index (χ3n) is 4.80. The molecule has 0 aliphatic rings. The first-order chi connectivity index (χ1) is 12.4. The second kappa shape index (κ2) is 8.97. The van der Waals surface area contributed by atoms with Crippen molar-refractivity contribution in [3.05, 3.63) is 59.7 Å². The molecule has 2 aromatic carbocycles. The van der Waals surface area contributed by atoms with E-state index in [4.69, 9.17) is 4.74 Å².